The molecule has 2 amide bonds. The number of para-hydroxylation sites is 2. The molecule has 1 aromatic carbocycles. The highest BCUT2D eigenvalue weighted by atomic mass is 16.5. The third kappa shape index (κ3) is 4.46. The van der Waals surface area contributed by atoms with Gasteiger partial charge in [0.2, 0.25) is 5.91 Å². The van der Waals surface area contributed by atoms with Gasteiger partial charge >= 0.3 is 0 Å². The van der Waals surface area contributed by atoms with Crippen molar-refractivity contribution in [3.8, 4) is 5.75 Å². The number of ether oxygens (including phenoxy) is 1. The maximum Gasteiger partial charge on any atom is 0.258 e. The van der Waals surface area contributed by atoms with Crippen molar-refractivity contribution in [1.29, 1.82) is 0 Å². The standard InChI is InChI=1S/C14H19N3O3/c15-11-3-1-2-4-12(11)20-9-13(18)16-7-8-17-14(19)10-5-6-10/h1-4,10H,5-9,15H2,(H,16,18)(H,17,19). The Labute approximate surface area is 117 Å². The topological polar surface area (TPSA) is 93.4 Å². The zero-order valence-electron chi connectivity index (χ0n) is 11.2. The van der Waals surface area contributed by atoms with Crippen LogP contribution in [0, 0.1) is 5.92 Å². The number of hydrogen-bond donors (Lipinski definition) is 3. The van der Waals surface area contributed by atoms with Crippen LogP contribution in [-0.4, -0.2) is 31.5 Å². The van der Waals surface area contributed by atoms with Gasteiger partial charge in [-0.15, -0.1) is 0 Å². The zero-order valence-corrected chi connectivity index (χ0v) is 11.2. The lowest BCUT2D eigenvalue weighted by Crippen LogP contribution is -2.37. The Balaban J connectivity index is 1.58. The normalized spacial score (nSPS) is 13.6. The van der Waals surface area contributed by atoms with Gasteiger partial charge in [0.15, 0.2) is 6.61 Å². The molecule has 0 aromatic heterocycles. The highest BCUT2D eigenvalue weighted by Gasteiger charge is 2.28. The van der Waals surface area contributed by atoms with Crippen LogP contribution in [0.25, 0.3) is 0 Å². The molecule has 0 aliphatic heterocycles. The van der Waals surface area contributed by atoms with Crippen LogP contribution in [0.3, 0.4) is 0 Å². The van der Waals surface area contributed by atoms with Crippen molar-refractivity contribution >= 4 is 17.5 Å². The number of benzene rings is 1. The lowest BCUT2D eigenvalue weighted by Gasteiger charge is -2.09. The van der Waals surface area contributed by atoms with E-state index in [9.17, 15) is 9.59 Å². The highest BCUT2D eigenvalue weighted by molar-refractivity contribution is 5.81. The Kier molecular flexibility index (Phi) is 4.81. The quantitative estimate of drug-likeness (QED) is 0.493. The largest absolute Gasteiger partial charge is 0.482 e. The summed E-state index contributed by atoms with van der Waals surface area (Å²) in [6.07, 6.45) is 1.95. The minimum absolute atomic E-state index is 0.0764. The van der Waals surface area contributed by atoms with E-state index in [-0.39, 0.29) is 24.3 Å². The first-order valence-electron chi connectivity index (χ1n) is 6.68. The smallest absolute Gasteiger partial charge is 0.258 e. The van der Waals surface area contributed by atoms with Gasteiger partial charge in [-0.2, -0.15) is 0 Å². The molecule has 1 aromatic rings. The third-order valence-corrected chi connectivity index (χ3v) is 2.97. The van der Waals surface area contributed by atoms with Gasteiger partial charge in [-0.3, -0.25) is 9.59 Å². The molecule has 6 nitrogen and oxygen atoms in total. The van der Waals surface area contributed by atoms with E-state index in [0.717, 1.165) is 12.8 Å². The monoisotopic (exact) mass is 277 g/mol. The van der Waals surface area contributed by atoms with Crippen molar-refractivity contribution in [3.63, 3.8) is 0 Å². The summed E-state index contributed by atoms with van der Waals surface area (Å²) in [4.78, 5) is 22.9. The summed E-state index contributed by atoms with van der Waals surface area (Å²) in [7, 11) is 0. The van der Waals surface area contributed by atoms with E-state index in [0.29, 0.717) is 24.5 Å². The van der Waals surface area contributed by atoms with Gasteiger partial charge in [0, 0.05) is 19.0 Å². The van der Waals surface area contributed by atoms with E-state index in [1.165, 1.54) is 0 Å². The molecular weight excluding hydrogens is 258 g/mol. The minimum Gasteiger partial charge on any atom is -0.482 e. The van der Waals surface area contributed by atoms with Crippen molar-refractivity contribution in [2.45, 2.75) is 12.8 Å². The van der Waals surface area contributed by atoms with Crippen LogP contribution in [0.2, 0.25) is 0 Å². The van der Waals surface area contributed by atoms with Crippen molar-refractivity contribution in [3.05, 3.63) is 24.3 Å². The molecule has 0 bridgehead atoms. The predicted octanol–water partition coefficient (Wildman–Crippen LogP) is 0.290. The van der Waals surface area contributed by atoms with Crippen LogP contribution in [-0.2, 0) is 9.59 Å². The Morgan fingerprint density at radius 1 is 1.20 bits per heavy atom. The third-order valence-electron chi connectivity index (χ3n) is 2.97. The summed E-state index contributed by atoms with van der Waals surface area (Å²) in [5.74, 6) is 0.515. The van der Waals surface area contributed by atoms with Crippen LogP contribution in [0.1, 0.15) is 12.8 Å². The number of amides is 2. The fraction of sp³-hybridized carbons (Fsp3) is 0.429. The average molecular weight is 277 g/mol. The summed E-state index contributed by atoms with van der Waals surface area (Å²) in [5.41, 5.74) is 6.19. The number of hydrogen-bond acceptors (Lipinski definition) is 4. The molecule has 0 radical (unpaired) electrons. The summed E-state index contributed by atoms with van der Waals surface area (Å²) in [6.45, 7) is 0.740. The average Bonchev–Trinajstić information content (AvgIpc) is 3.27. The molecule has 0 atom stereocenters. The van der Waals surface area contributed by atoms with Crippen LogP contribution < -0.4 is 21.1 Å². The maximum absolute atomic E-state index is 11.5. The molecule has 1 fully saturated rings. The molecular formula is C14H19N3O3. The SMILES string of the molecule is Nc1ccccc1OCC(=O)NCCNC(=O)C1CC1. The van der Waals surface area contributed by atoms with Crippen molar-refractivity contribution in [2.24, 2.45) is 5.92 Å². The molecule has 6 heteroatoms. The molecule has 0 spiro atoms. The molecule has 4 N–H and O–H groups in total. The number of nitrogen functional groups attached to an aromatic ring is 1. The molecule has 0 heterocycles. The predicted molar refractivity (Wildman–Crippen MR) is 75.1 cm³/mol. The Morgan fingerprint density at radius 2 is 1.90 bits per heavy atom. The van der Waals surface area contributed by atoms with E-state index >= 15 is 0 Å². The van der Waals surface area contributed by atoms with Crippen LogP contribution in [0.5, 0.6) is 5.75 Å². The second-order valence-electron chi connectivity index (χ2n) is 4.74. The van der Waals surface area contributed by atoms with E-state index in [4.69, 9.17) is 10.5 Å². The molecule has 1 aliphatic carbocycles. The first-order chi connectivity index (χ1) is 9.66. The van der Waals surface area contributed by atoms with Crippen molar-refractivity contribution in [2.75, 3.05) is 25.4 Å². The molecule has 20 heavy (non-hydrogen) atoms. The number of rotatable bonds is 7. The second-order valence-corrected chi connectivity index (χ2v) is 4.74. The fourth-order valence-corrected chi connectivity index (χ4v) is 1.68. The summed E-state index contributed by atoms with van der Waals surface area (Å²) < 4.78 is 5.30. The second kappa shape index (κ2) is 6.79. The Bertz CT molecular complexity index is 486. The van der Waals surface area contributed by atoms with Crippen molar-refractivity contribution < 1.29 is 14.3 Å². The van der Waals surface area contributed by atoms with Crippen LogP contribution in [0.4, 0.5) is 5.69 Å². The Morgan fingerprint density at radius 3 is 2.60 bits per heavy atom. The van der Waals surface area contributed by atoms with Gasteiger partial charge in [0.1, 0.15) is 5.75 Å². The Hall–Kier alpha value is -2.24. The van der Waals surface area contributed by atoms with E-state index in [1.54, 1.807) is 24.3 Å². The summed E-state index contributed by atoms with van der Waals surface area (Å²) in [6, 6.07) is 7.00. The fourth-order valence-electron chi connectivity index (χ4n) is 1.68. The molecule has 1 saturated carbocycles. The number of carbonyl (C=O) groups is 2. The number of nitrogens with one attached hydrogen (secondary N) is 2. The van der Waals surface area contributed by atoms with Gasteiger partial charge < -0.3 is 21.1 Å². The first kappa shape index (κ1) is 14.2. The number of nitrogens with two attached hydrogens (primary N) is 1. The maximum atomic E-state index is 11.5. The molecule has 0 unspecified atom stereocenters. The van der Waals surface area contributed by atoms with Gasteiger partial charge in [0.05, 0.1) is 5.69 Å². The lowest BCUT2D eigenvalue weighted by molar-refractivity contribution is -0.124. The summed E-state index contributed by atoms with van der Waals surface area (Å²) in [5, 5.41) is 5.44. The molecule has 0 saturated heterocycles. The van der Waals surface area contributed by atoms with E-state index < -0.39 is 0 Å². The van der Waals surface area contributed by atoms with Crippen molar-refractivity contribution in [1.82, 2.24) is 10.6 Å². The van der Waals surface area contributed by atoms with Crippen LogP contribution in [0.15, 0.2) is 24.3 Å². The molecule has 108 valence electrons. The van der Waals surface area contributed by atoms with Crippen LogP contribution >= 0.6 is 0 Å². The number of anilines is 1. The van der Waals surface area contributed by atoms with Gasteiger partial charge in [0.25, 0.3) is 5.91 Å². The van der Waals surface area contributed by atoms with E-state index in [1.807, 2.05) is 0 Å². The van der Waals surface area contributed by atoms with Gasteiger partial charge in [-0.1, -0.05) is 12.1 Å². The lowest BCUT2D eigenvalue weighted by atomic mass is 10.3. The molecule has 1 aliphatic rings. The minimum atomic E-state index is -0.242. The molecule has 2 rings (SSSR count). The summed E-state index contributed by atoms with van der Waals surface area (Å²) >= 11 is 0. The van der Waals surface area contributed by atoms with Gasteiger partial charge in [-0.05, 0) is 25.0 Å². The zero-order chi connectivity index (χ0) is 14.4. The highest BCUT2D eigenvalue weighted by Crippen LogP contribution is 2.28. The van der Waals surface area contributed by atoms with Gasteiger partial charge in [-0.25, -0.2) is 0 Å². The van der Waals surface area contributed by atoms with E-state index in [2.05, 4.69) is 10.6 Å². The number of carbonyl (C=O) groups excluding carboxylic acids is 2. The first-order valence-corrected chi connectivity index (χ1v) is 6.68.